The molecule has 3 rings (SSSR count). The molecule has 0 N–H and O–H groups in total. The molecule has 1 heterocycles. The van der Waals surface area contributed by atoms with Crippen LogP contribution in [-0.2, 0) is 6.42 Å². The standard InChI is InChI=1S/C13H16N2/c1-2-5-11-9-14-13(10-6-4-7-10)15-12(11)8-3-1/h2,5,9-10H,1,3-4,6-8H2. The summed E-state index contributed by atoms with van der Waals surface area (Å²) in [4.78, 5) is 9.23. The van der Waals surface area contributed by atoms with Gasteiger partial charge in [0.05, 0.1) is 5.69 Å². The smallest absolute Gasteiger partial charge is 0.131 e. The molecule has 78 valence electrons. The van der Waals surface area contributed by atoms with Crippen LogP contribution in [0.5, 0.6) is 0 Å². The highest BCUT2D eigenvalue weighted by Gasteiger charge is 2.22. The molecule has 2 heteroatoms. The van der Waals surface area contributed by atoms with Gasteiger partial charge >= 0.3 is 0 Å². The van der Waals surface area contributed by atoms with Crippen LogP contribution in [0.15, 0.2) is 12.3 Å². The van der Waals surface area contributed by atoms with Crippen molar-refractivity contribution in [1.82, 2.24) is 9.97 Å². The highest BCUT2D eigenvalue weighted by molar-refractivity contribution is 5.51. The Morgan fingerprint density at radius 2 is 2.13 bits per heavy atom. The third kappa shape index (κ3) is 1.69. The summed E-state index contributed by atoms with van der Waals surface area (Å²) in [5, 5.41) is 0. The molecule has 0 aromatic carbocycles. The lowest BCUT2D eigenvalue weighted by molar-refractivity contribution is 0.400. The molecule has 15 heavy (non-hydrogen) atoms. The summed E-state index contributed by atoms with van der Waals surface area (Å²) < 4.78 is 0. The summed E-state index contributed by atoms with van der Waals surface area (Å²) in [5.41, 5.74) is 2.50. The molecule has 0 spiro atoms. The van der Waals surface area contributed by atoms with E-state index in [4.69, 9.17) is 4.98 Å². The van der Waals surface area contributed by atoms with Crippen LogP contribution < -0.4 is 0 Å². The summed E-state index contributed by atoms with van der Waals surface area (Å²) in [6, 6.07) is 0. The van der Waals surface area contributed by atoms with Crippen molar-refractivity contribution in [3.05, 3.63) is 29.4 Å². The second kappa shape index (κ2) is 3.76. The van der Waals surface area contributed by atoms with Gasteiger partial charge in [-0.15, -0.1) is 0 Å². The summed E-state index contributed by atoms with van der Waals surface area (Å²) in [6.45, 7) is 0. The SMILES string of the molecule is C1=Cc2cnc(C3CCC3)nc2CCC1. The molecule has 0 aliphatic heterocycles. The Bertz CT molecular complexity index is 392. The third-order valence-electron chi connectivity index (χ3n) is 3.47. The molecule has 0 bridgehead atoms. The van der Waals surface area contributed by atoms with Crippen molar-refractivity contribution in [3.8, 4) is 0 Å². The topological polar surface area (TPSA) is 25.8 Å². The van der Waals surface area contributed by atoms with Crippen LogP contribution >= 0.6 is 0 Å². The number of allylic oxidation sites excluding steroid dienone is 1. The van der Waals surface area contributed by atoms with E-state index in [1.807, 2.05) is 6.20 Å². The van der Waals surface area contributed by atoms with Crippen molar-refractivity contribution >= 4 is 6.08 Å². The second-order valence-electron chi connectivity index (χ2n) is 4.55. The predicted octanol–water partition coefficient (Wildman–Crippen LogP) is 3.09. The lowest BCUT2D eigenvalue weighted by Crippen LogP contribution is -2.14. The highest BCUT2D eigenvalue weighted by atomic mass is 14.9. The van der Waals surface area contributed by atoms with Crippen LogP contribution in [0.2, 0.25) is 0 Å². The zero-order valence-corrected chi connectivity index (χ0v) is 8.95. The third-order valence-corrected chi connectivity index (χ3v) is 3.47. The Hall–Kier alpha value is -1.18. The van der Waals surface area contributed by atoms with Gasteiger partial charge in [0.2, 0.25) is 0 Å². The molecule has 2 aliphatic rings. The fraction of sp³-hybridized carbons (Fsp3) is 0.538. The summed E-state index contributed by atoms with van der Waals surface area (Å²) >= 11 is 0. The molecule has 1 aromatic heterocycles. The van der Waals surface area contributed by atoms with Crippen LogP contribution in [0.3, 0.4) is 0 Å². The number of fused-ring (bicyclic) bond motifs is 1. The zero-order valence-electron chi connectivity index (χ0n) is 8.95. The van der Waals surface area contributed by atoms with E-state index in [1.165, 1.54) is 43.4 Å². The molecule has 0 amide bonds. The van der Waals surface area contributed by atoms with E-state index in [-0.39, 0.29) is 0 Å². The first kappa shape index (κ1) is 9.08. The van der Waals surface area contributed by atoms with E-state index in [9.17, 15) is 0 Å². The minimum absolute atomic E-state index is 0.655. The van der Waals surface area contributed by atoms with Crippen molar-refractivity contribution in [2.75, 3.05) is 0 Å². The van der Waals surface area contributed by atoms with Crippen molar-refractivity contribution in [3.63, 3.8) is 0 Å². The number of nitrogens with zero attached hydrogens (tertiary/aromatic N) is 2. The minimum atomic E-state index is 0.655. The zero-order chi connectivity index (χ0) is 10.1. The van der Waals surface area contributed by atoms with Crippen molar-refractivity contribution in [1.29, 1.82) is 0 Å². The van der Waals surface area contributed by atoms with E-state index in [0.29, 0.717) is 5.92 Å². The Morgan fingerprint density at radius 3 is 2.93 bits per heavy atom. The number of hydrogen-bond acceptors (Lipinski definition) is 2. The van der Waals surface area contributed by atoms with Crippen LogP contribution in [0.1, 0.15) is 55.1 Å². The van der Waals surface area contributed by atoms with Crippen molar-refractivity contribution < 1.29 is 0 Å². The van der Waals surface area contributed by atoms with Gasteiger partial charge in [-0.1, -0.05) is 18.6 Å². The molecule has 2 nitrogen and oxygen atoms in total. The molecule has 1 fully saturated rings. The monoisotopic (exact) mass is 200 g/mol. The van der Waals surface area contributed by atoms with Crippen molar-refractivity contribution in [2.45, 2.75) is 44.4 Å². The van der Waals surface area contributed by atoms with Gasteiger partial charge in [-0.2, -0.15) is 0 Å². The van der Waals surface area contributed by atoms with Crippen LogP contribution in [0.25, 0.3) is 6.08 Å². The van der Waals surface area contributed by atoms with Crippen LogP contribution in [0, 0.1) is 0 Å². The predicted molar refractivity (Wildman–Crippen MR) is 60.6 cm³/mol. The number of aromatic nitrogens is 2. The normalized spacial score (nSPS) is 20.5. The molecule has 0 saturated heterocycles. The van der Waals surface area contributed by atoms with Crippen LogP contribution in [-0.4, -0.2) is 9.97 Å². The summed E-state index contributed by atoms with van der Waals surface area (Å²) in [5.74, 6) is 1.75. The fourth-order valence-electron chi connectivity index (χ4n) is 2.24. The molecule has 0 unspecified atom stereocenters. The van der Waals surface area contributed by atoms with E-state index in [1.54, 1.807) is 0 Å². The Labute approximate surface area is 90.5 Å². The molecule has 1 aromatic rings. The molecule has 0 radical (unpaired) electrons. The van der Waals surface area contributed by atoms with Gasteiger partial charge in [0.15, 0.2) is 0 Å². The molecular formula is C13H16N2. The lowest BCUT2D eigenvalue weighted by Gasteiger charge is -2.24. The maximum atomic E-state index is 4.73. The molecule has 0 atom stereocenters. The first-order valence-electron chi connectivity index (χ1n) is 5.96. The summed E-state index contributed by atoms with van der Waals surface area (Å²) in [6.07, 6.45) is 13.9. The average molecular weight is 200 g/mol. The van der Waals surface area contributed by atoms with Gasteiger partial charge in [-0.25, -0.2) is 9.97 Å². The maximum absolute atomic E-state index is 4.73. The molecule has 2 aliphatic carbocycles. The average Bonchev–Trinajstić information content (AvgIpc) is 2.39. The number of aryl methyl sites for hydroxylation is 1. The highest BCUT2D eigenvalue weighted by Crippen LogP contribution is 2.34. The summed E-state index contributed by atoms with van der Waals surface area (Å²) in [7, 11) is 0. The lowest BCUT2D eigenvalue weighted by atomic mass is 9.85. The van der Waals surface area contributed by atoms with E-state index in [2.05, 4.69) is 17.1 Å². The van der Waals surface area contributed by atoms with Gasteiger partial charge in [-0.3, -0.25) is 0 Å². The Morgan fingerprint density at radius 1 is 1.20 bits per heavy atom. The van der Waals surface area contributed by atoms with Gasteiger partial charge in [0.25, 0.3) is 0 Å². The number of rotatable bonds is 1. The largest absolute Gasteiger partial charge is 0.240 e. The van der Waals surface area contributed by atoms with Crippen LogP contribution in [0.4, 0.5) is 0 Å². The molecular weight excluding hydrogens is 184 g/mol. The number of hydrogen-bond donors (Lipinski definition) is 0. The maximum Gasteiger partial charge on any atom is 0.131 e. The van der Waals surface area contributed by atoms with Gasteiger partial charge < -0.3 is 0 Å². The van der Waals surface area contributed by atoms with E-state index >= 15 is 0 Å². The fourth-order valence-corrected chi connectivity index (χ4v) is 2.24. The van der Waals surface area contributed by atoms with Gasteiger partial charge in [-0.05, 0) is 32.1 Å². The molecule has 1 saturated carbocycles. The van der Waals surface area contributed by atoms with Crippen molar-refractivity contribution in [2.24, 2.45) is 0 Å². The van der Waals surface area contributed by atoms with E-state index < -0.39 is 0 Å². The first-order valence-corrected chi connectivity index (χ1v) is 5.96. The van der Waals surface area contributed by atoms with E-state index in [0.717, 1.165) is 12.2 Å². The van der Waals surface area contributed by atoms with Gasteiger partial charge in [0.1, 0.15) is 5.82 Å². The quantitative estimate of drug-likeness (QED) is 0.696. The van der Waals surface area contributed by atoms with Gasteiger partial charge in [0, 0.05) is 17.7 Å². The second-order valence-corrected chi connectivity index (χ2v) is 4.55. The Balaban J connectivity index is 1.94. The Kier molecular flexibility index (Phi) is 2.28. The minimum Gasteiger partial charge on any atom is -0.240 e. The first-order chi connectivity index (χ1) is 7.43.